The summed E-state index contributed by atoms with van der Waals surface area (Å²) < 4.78 is 0. The number of hydrogen-bond donors (Lipinski definition) is 1. The van der Waals surface area contributed by atoms with Gasteiger partial charge in [0.25, 0.3) is 0 Å². The fourth-order valence-corrected chi connectivity index (χ4v) is 1.85. The zero-order valence-corrected chi connectivity index (χ0v) is 10.6. The molecule has 0 spiro atoms. The topological polar surface area (TPSA) is 41.6 Å². The number of rotatable bonds is 3. The lowest BCUT2D eigenvalue weighted by Crippen LogP contribution is -2.48. The summed E-state index contributed by atoms with van der Waals surface area (Å²) in [5.74, 6) is 0.703. The number of nitrogens with zero attached hydrogens (tertiary/aromatic N) is 2. The number of nitrogens with two attached hydrogens (primary N) is 1. The molecule has 0 saturated heterocycles. The van der Waals surface area contributed by atoms with Gasteiger partial charge in [-0.25, -0.2) is 4.99 Å². The summed E-state index contributed by atoms with van der Waals surface area (Å²) >= 11 is 0. The van der Waals surface area contributed by atoms with E-state index in [0.717, 1.165) is 6.42 Å². The average molecular weight is 211 g/mol. The minimum absolute atomic E-state index is 0.103. The van der Waals surface area contributed by atoms with Crippen molar-refractivity contribution in [1.82, 2.24) is 4.90 Å². The largest absolute Gasteiger partial charge is 0.370 e. The quantitative estimate of drug-likeness (QED) is 0.575. The molecule has 3 nitrogen and oxygen atoms in total. The van der Waals surface area contributed by atoms with Crippen molar-refractivity contribution < 1.29 is 0 Å². The molecule has 1 fully saturated rings. The predicted molar refractivity (Wildman–Crippen MR) is 66.0 cm³/mol. The van der Waals surface area contributed by atoms with Gasteiger partial charge in [0.05, 0.1) is 6.04 Å². The Kier molecular flexibility index (Phi) is 4.00. The van der Waals surface area contributed by atoms with Gasteiger partial charge in [0, 0.05) is 12.6 Å². The molecule has 0 heterocycles. The van der Waals surface area contributed by atoms with Crippen LogP contribution in [-0.4, -0.2) is 29.5 Å². The Labute approximate surface area is 93.7 Å². The van der Waals surface area contributed by atoms with E-state index in [9.17, 15) is 0 Å². The number of hydrogen-bond acceptors (Lipinski definition) is 1. The first-order valence-electron chi connectivity index (χ1n) is 6.04. The lowest BCUT2D eigenvalue weighted by molar-refractivity contribution is 0.242. The van der Waals surface area contributed by atoms with E-state index in [1.54, 1.807) is 0 Å². The molecule has 2 N–H and O–H groups in total. The molecule has 0 aromatic heterocycles. The maximum Gasteiger partial charge on any atom is 0.191 e. The Morgan fingerprint density at radius 2 is 1.93 bits per heavy atom. The number of guanidine groups is 1. The summed E-state index contributed by atoms with van der Waals surface area (Å²) in [6.45, 7) is 6.58. The fraction of sp³-hybridized carbons (Fsp3) is 0.917. The standard InChI is InChI=1S/C12H25N3/c1-5-12(2,3)15(4)11(13)14-10-8-6-7-9-10/h10H,5-9H2,1-4H3,(H2,13,14). The highest BCUT2D eigenvalue weighted by Crippen LogP contribution is 2.22. The zero-order valence-electron chi connectivity index (χ0n) is 10.6. The van der Waals surface area contributed by atoms with Gasteiger partial charge in [-0.3, -0.25) is 0 Å². The second-order valence-corrected chi connectivity index (χ2v) is 5.15. The first-order chi connectivity index (χ1) is 6.97. The Morgan fingerprint density at radius 1 is 1.40 bits per heavy atom. The van der Waals surface area contributed by atoms with Crippen LogP contribution in [-0.2, 0) is 0 Å². The van der Waals surface area contributed by atoms with Crippen LogP contribution in [0.25, 0.3) is 0 Å². The van der Waals surface area contributed by atoms with Gasteiger partial charge in [0.2, 0.25) is 0 Å². The van der Waals surface area contributed by atoms with Crippen LogP contribution in [0.5, 0.6) is 0 Å². The van der Waals surface area contributed by atoms with E-state index in [0.29, 0.717) is 12.0 Å². The van der Waals surface area contributed by atoms with Gasteiger partial charge in [-0.15, -0.1) is 0 Å². The normalized spacial score (nSPS) is 19.6. The minimum Gasteiger partial charge on any atom is -0.370 e. The van der Waals surface area contributed by atoms with Crippen molar-refractivity contribution in [2.24, 2.45) is 10.7 Å². The molecule has 88 valence electrons. The van der Waals surface area contributed by atoms with E-state index in [1.165, 1.54) is 25.7 Å². The van der Waals surface area contributed by atoms with Crippen molar-refractivity contribution in [2.75, 3.05) is 7.05 Å². The molecule has 1 aliphatic carbocycles. The molecular weight excluding hydrogens is 186 g/mol. The predicted octanol–water partition coefficient (Wildman–Crippen LogP) is 2.36. The van der Waals surface area contributed by atoms with Crippen LogP contribution in [0.15, 0.2) is 4.99 Å². The Hall–Kier alpha value is -0.730. The molecule has 0 unspecified atom stereocenters. The van der Waals surface area contributed by atoms with Crippen molar-refractivity contribution in [3.8, 4) is 0 Å². The molecule has 0 atom stereocenters. The third-order valence-corrected chi connectivity index (χ3v) is 3.76. The van der Waals surface area contributed by atoms with Gasteiger partial charge in [0.1, 0.15) is 0 Å². The van der Waals surface area contributed by atoms with Crippen LogP contribution in [0.3, 0.4) is 0 Å². The molecule has 0 bridgehead atoms. The Balaban J connectivity index is 2.61. The first kappa shape index (κ1) is 12.3. The van der Waals surface area contributed by atoms with Gasteiger partial charge < -0.3 is 10.6 Å². The summed E-state index contributed by atoms with van der Waals surface area (Å²) in [5, 5.41) is 0. The maximum atomic E-state index is 6.03. The van der Waals surface area contributed by atoms with Crippen LogP contribution in [0.1, 0.15) is 52.9 Å². The monoisotopic (exact) mass is 211 g/mol. The van der Waals surface area contributed by atoms with Gasteiger partial charge >= 0.3 is 0 Å². The summed E-state index contributed by atoms with van der Waals surface area (Å²) in [7, 11) is 2.04. The fourth-order valence-electron chi connectivity index (χ4n) is 1.85. The second-order valence-electron chi connectivity index (χ2n) is 5.15. The van der Waals surface area contributed by atoms with Crippen LogP contribution in [0.4, 0.5) is 0 Å². The van der Waals surface area contributed by atoms with Crippen molar-refractivity contribution in [3.63, 3.8) is 0 Å². The van der Waals surface area contributed by atoms with E-state index in [-0.39, 0.29) is 5.54 Å². The van der Waals surface area contributed by atoms with Crippen molar-refractivity contribution in [1.29, 1.82) is 0 Å². The zero-order chi connectivity index (χ0) is 11.5. The third kappa shape index (κ3) is 3.11. The van der Waals surface area contributed by atoms with Gasteiger partial charge in [-0.05, 0) is 33.1 Å². The van der Waals surface area contributed by atoms with Crippen molar-refractivity contribution in [3.05, 3.63) is 0 Å². The number of aliphatic imine (C=N–C) groups is 1. The summed E-state index contributed by atoms with van der Waals surface area (Å²) in [6.07, 6.45) is 6.11. The van der Waals surface area contributed by atoms with Crippen LogP contribution >= 0.6 is 0 Å². The highest BCUT2D eigenvalue weighted by Gasteiger charge is 2.24. The van der Waals surface area contributed by atoms with E-state index in [2.05, 4.69) is 30.7 Å². The van der Waals surface area contributed by atoms with E-state index in [4.69, 9.17) is 5.73 Å². The van der Waals surface area contributed by atoms with Crippen molar-refractivity contribution >= 4 is 5.96 Å². The highest BCUT2D eigenvalue weighted by atomic mass is 15.3. The molecule has 15 heavy (non-hydrogen) atoms. The molecule has 0 aliphatic heterocycles. The molecule has 0 aromatic carbocycles. The lowest BCUT2D eigenvalue weighted by Gasteiger charge is -2.36. The molecule has 1 rings (SSSR count). The Bertz CT molecular complexity index is 227. The highest BCUT2D eigenvalue weighted by molar-refractivity contribution is 5.78. The summed E-state index contributed by atoms with van der Waals surface area (Å²) in [6, 6.07) is 0.472. The van der Waals surface area contributed by atoms with Crippen LogP contribution in [0, 0.1) is 0 Å². The Morgan fingerprint density at radius 3 is 2.40 bits per heavy atom. The molecule has 0 radical (unpaired) electrons. The van der Waals surface area contributed by atoms with Crippen LogP contribution < -0.4 is 5.73 Å². The molecule has 0 amide bonds. The molecule has 3 heteroatoms. The smallest absolute Gasteiger partial charge is 0.191 e. The first-order valence-corrected chi connectivity index (χ1v) is 6.04. The van der Waals surface area contributed by atoms with Gasteiger partial charge in [0.15, 0.2) is 5.96 Å². The van der Waals surface area contributed by atoms with Crippen LogP contribution in [0.2, 0.25) is 0 Å². The average Bonchev–Trinajstić information content (AvgIpc) is 2.69. The molecule has 1 aliphatic rings. The van der Waals surface area contributed by atoms with E-state index < -0.39 is 0 Å². The van der Waals surface area contributed by atoms with Crippen molar-refractivity contribution in [2.45, 2.75) is 64.5 Å². The summed E-state index contributed by atoms with van der Waals surface area (Å²) in [5.41, 5.74) is 6.14. The molecular formula is C12H25N3. The maximum absolute atomic E-state index is 6.03. The minimum atomic E-state index is 0.103. The summed E-state index contributed by atoms with van der Waals surface area (Å²) in [4.78, 5) is 6.71. The van der Waals surface area contributed by atoms with Gasteiger partial charge in [-0.2, -0.15) is 0 Å². The third-order valence-electron chi connectivity index (χ3n) is 3.76. The molecule has 0 aromatic rings. The van der Waals surface area contributed by atoms with E-state index >= 15 is 0 Å². The van der Waals surface area contributed by atoms with E-state index in [1.807, 2.05) is 7.05 Å². The molecule has 1 saturated carbocycles. The lowest BCUT2D eigenvalue weighted by atomic mass is 10.0. The second kappa shape index (κ2) is 4.86. The SMILES string of the molecule is CCC(C)(C)N(C)C(N)=NC1CCCC1. The van der Waals surface area contributed by atoms with Gasteiger partial charge in [-0.1, -0.05) is 19.8 Å².